The number of aliphatic imine (C=N–C) groups is 1. The van der Waals surface area contributed by atoms with E-state index < -0.39 is 11.7 Å². The Balaban J connectivity index is 2.05. The third-order valence-corrected chi connectivity index (χ3v) is 4.61. The average molecular weight is 365 g/mol. The first kappa shape index (κ1) is 19.4. The van der Waals surface area contributed by atoms with E-state index >= 15 is 0 Å². The van der Waals surface area contributed by atoms with Crippen LogP contribution in [-0.2, 0) is 4.74 Å². The first-order valence-corrected chi connectivity index (χ1v) is 9.68. The van der Waals surface area contributed by atoms with Crippen LogP contribution in [0.15, 0.2) is 35.3 Å². The molecule has 3 N–H and O–H groups in total. The van der Waals surface area contributed by atoms with E-state index in [1.807, 2.05) is 62.9 Å². The summed E-state index contributed by atoms with van der Waals surface area (Å²) in [5.74, 6) is 2.66. The number of nitrogens with zero attached hydrogens (tertiary/aromatic N) is 2. The molecule has 0 radical (unpaired) electrons. The fraction of sp³-hybridized carbons (Fsp3) is 0.556. The topological polar surface area (TPSA) is 79.9 Å². The lowest BCUT2D eigenvalue weighted by Crippen LogP contribution is -2.43. The molecule has 0 spiro atoms. The maximum absolute atomic E-state index is 12.2. The normalized spacial score (nSPS) is 17.1. The van der Waals surface area contributed by atoms with Gasteiger partial charge in [0.1, 0.15) is 5.60 Å². The zero-order valence-corrected chi connectivity index (χ0v) is 16.0. The van der Waals surface area contributed by atoms with Crippen molar-refractivity contribution in [2.45, 2.75) is 32.4 Å². The van der Waals surface area contributed by atoms with E-state index in [1.54, 1.807) is 0 Å². The number of carbonyl (C=O) groups is 1. The molecule has 1 fully saturated rings. The van der Waals surface area contributed by atoms with E-state index in [1.165, 1.54) is 0 Å². The number of hydrogen-bond donors (Lipinski definition) is 2. The molecule has 138 valence electrons. The molecule has 1 saturated heterocycles. The summed E-state index contributed by atoms with van der Waals surface area (Å²) >= 11 is 1.93. The van der Waals surface area contributed by atoms with Gasteiger partial charge in [0.25, 0.3) is 0 Å². The number of nitrogens with two attached hydrogens (primary N) is 1. The lowest BCUT2D eigenvalue weighted by atomic mass is 10.1. The Morgan fingerprint density at radius 3 is 2.56 bits per heavy atom. The summed E-state index contributed by atoms with van der Waals surface area (Å²) in [5, 5.41) is 2.90. The molecule has 0 aromatic heterocycles. The first-order valence-electron chi connectivity index (χ1n) is 8.52. The number of carbonyl (C=O) groups excluding carboxylic acids is 1. The number of hydrogen-bond acceptors (Lipinski definition) is 4. The molecule has 6 nitrogen and oxygen atoms in total. The highest BCUT2D eigenvalue weighted by molar-refractivity contribution is 7.99. The molecule has 0 bridgehead atoms. The molecule has 1 aliphatic rings. The highest BCUT2D eigenvalue weighted by Gasteiger charge is 2.21. The number of guanidine groups is 1. The summed E-state index contributed by atoms with van der Waals surface area (Å²) in [5.41, 5.74) is 6.56. The molecule has 0 aliphatic carbocycles. The van der Waals surface area contributed by atoms with Gasteiger partial charge in [0.2, 0.25) is 0 Å². The SMILES string of the molecule is CC(C)(C)OC(=O)NC(CN=C(N)N1CCSCC1)c1ccccc1. The summed E-state index contributed by atoms with van der Waals surface area (Å²) in [6.45, 7) is 7.72. The van der Waals surface area contributed by atoms with Gasteiger partial charge in [0.05, 0.1) is 12.6 Å². The lowest BCUT2D eigenvalue weighted by Gasteiger charge is -2.28. The molecule has 0 saturated carbocycles. The second kappa shape index (κ2) is 8.99. The highest BCUT2D eigenvalue weighted by atomic mass is 32.2. The monoisotopic (exact) mass is 364 g/mol. The Morgan fingerprint density at radius 1 is 1.32 bits per heavy atom. The summed E-state index contributed by atoms with van der Waals surface area (Å²) in [6.07, 6.45) is -0.454. The number of ether oxygens (including phenoxy) is 1. The third kappa shape index (κ3) is 6.86. The molecule has 1 atom stereocenters. The standard InChI is InChI=1S/C18H28N4O2S/c1-18(2,3)24-17(23)21-15(14-7-5-4-6-8-14)13-20-16(19)22-9-11-25-12-10-22/h4-8,15H,9-13H2,1-3H3,(H2,19,20)(H,21,23). The van der Waals surface area contributed by atoms with Crippen LogP contribution in [0, 0.1) is 0 Å². The second-order valence-corrected chi connectivity index (χ2v) is 8.13. The van der Waals surface area contributed by atoms with Crippen molar-refractivity contribution >= 4 is 23.8 Å². The van der Waals surface area contributed by atoms with Crippen LogP contribution in [0.5, 0.6) is 0 Å². The second-order valence-electron chi connectivity index (χ2n) is 6.91. The molecular weight excluding hydrogens is 336 g/mol. The van der Waals surface area contributed by atoms with E-state index in [0.29, 0.717) is 12.5 Å². The molecule has 2 rings (SSSR count). The van der Waals surface area contributed by atoms with E-state index in [-0.39, 0.29) is 6.04 Å². The van der Waals surface area contributed by atoms with Gasteiger partial charge in [0.15, 0.2) is 5.96 Å². The van der Waals surface area contributed by atoms with Crippen molar-refractivity contribution in [3.63, 3.8) is 0 Å². The predicted octanol–water partition coefficient (Wildman–Crippen LogP) is 2.62. The maximum Gasteiger partial charge on any atom is 0.408 e. The minimum atomic E-state index is -0.543. The summed E-state index contributed by atoms with van der Waals surface area (Å²) in [7, 11) is 0. The maximum atomic E-state index is 12.2. The van der Waals surface area contributed by atoms with Crippen molar-refractivity contribution in [1.29, 1.82) is 0 Å². The largest absolute Gasteiger partial charge is 0.444 e. The fourth-order valence-corrected chi connectivity index (χ4v) is 3.35. The van der Waals surface area contributed by atoms with Crippen molar-refractivity contribution in [3.8, 4) is 0 Å². The van der Waals surface area contributed by atoms with Gasteiger partial charge >= 0.3 is 6.09 Å². The van der Waals surface area contributed by atoms with Crippen molar-refractivity contribution in [1.82, 2.24) is 10.2 Å². The van der Waals surface area contributed by atoms with Gasteiger partial charge in [-0.15, -0.1) is 0 Å². The average Bonchev–Trinajstić information content (AvgIpc) is 2.58. The van der Waals surface area contributed by atoms with Crippen LogP contribution in [0.4, 0.5) is 4.79 Å². The van der Waals surface area contributed by atoms with Gasteiger partial charge < -0.3 is 20.7 Å². The van der Waals surface area contributed by atoms with Crippen LogP contribution >= 0.6 is 11.8 Å². The number of thioether (sulfide) groups is 1. The lowest BCUT2D eigenvalue weighted by molar-refractivity contribution is 0.0505. The minimum absolute atomic E-state index is 0.284. The van der Waals surface area contributed by atoms with Crippen LogP contribution in [0.2, 0.25) is 0 Å². The molecule has 1 unspecified atom stereocenters. The number of nitrogens with one attached hydrogen (secondary N) is 1. The summed E-state index contributed by atoms with van der Waals surface area (Å²) in [4.78, 5) is 18.8. The molecule has 1 aliphatic heterocycles. The van der Waals surface area contributed by atoms with Gasteiger partial charge in [-0.2, -0.15) is 11.8 Å². The Kier molecular flexibility index (Phi) is 6.99. The number of amides is 1. The first-order chi connectivity index (χ1) is 11.8. The Morgan fingerprint density at radius 2 is 1.96 bits per heavy atom. The highest BCUT2D eigenvalue weighted by Crippen LogP contribution is 2.16. The van der Waals surface area contributed by atoms with Crippen LogP contribution in [0.25, 0.3) is 0 Å². The zero-order valence-electron chi connectivity index (χ0n) is 15.2. The molecule has 1 aromatic rings. The third-order valence-electron chi connectivity index (χ3n) is 3.66. The summed E-state index contributed by atoms with van der Waals surface area (Å²) < 4.78 is 5.37. The minimum Gasteiger partial charge on any atom is -0.444 e. The van der Waals surface area contributed by atoms with E-state index in [0.717, 1.165) is 30.2 Å². The zero-order chi connectivity index (χ0) is 18.3. The molecule has 25 heavy (non-hydrogen) atoms. The Bertz CT molecular complexity index is 580. The van der Waals surface area contributed by atoms with Crippen molar-refractivity contribution in [2.75, 3.05) is 31.1 Å². The van der Waals surface area contributed by atoms with E-state index in [9.17, 15) is 4.79 Å². The van der Waals surface area contributed by atoms with Gasteiger partial charge in [-0.1, -0.05) is 30.3 Å². The van der Waals surface area contributed by atoms with Crippen LogP contribution in [0.3, 0.4) is 0 Å². The van der Waals surface area contributed by atoms with E-state index in [2.05, 4.69) is 15.2 Å². The fourth-order valence-electron chi connectivity index (χ4n) is 2.45. The van der Waals surface area contributed by atoms with Crippen molar-refractivity contribution in [2.24, 2.45) is 10.7 Å². The quantitative estimate of drug-likeness (QED) is 0.634. The van der Waals surface area contributed by atoms with Crippen LogP contribution < -0.4 is 11.1 Å². The number of benzene rings is 1. The predicted molar refractivity (Wildman–Crippen MR) is 104 cm³/mol. The molecule has 1 heterocycles. The van der Waals surface area contributed by atoms with Gasteiger partial charge in [-0.05, 0) is 26.3 Å². The number of alkyl carbamates (subject to hydrolysis) is 1. The van der Waals surface area contributed by atoms with Crippen LogP contribution in [-0.4, -0.2) is 53.7 Å². The van der Waals surface area contributed by atoms with E-state index in [4.69, 9.17) is 10.5 Å². The van der Waals surface area contributed by atoms with Crippen LogP contribution in [0.1, 0.15) is 32.4 Å². The Hall–Kier alpha value is -1.89. The van der Waals surface area contributed by atoms with Crippen molar-refractivity contribution in [3.05, 3.63) is 35.9 Å². The van der Waals surface area contributed by atoms with Gasteiger partial charge in [-0.3, -0.25) is 4.99 Å². The Labute approximate surface area is 154 Å². The molecule has 7 heteroatoms. The molecular formula is C18H28N4O2S. The van der Waals surface area contributed by atoms with Gasteiger partial charge in [0, 0.05) is 24.6 Å². The molecule has 1 aromatic carbocycles. The van der Waals surface area contributed by atoms with Crippen molar-refractivity contribution < 1.29 is 9.53 Å². The smallest absolute Gasteiger partial charge is 0.408 e. The van der Waals surface area contributed by atoms with Gasteiger partial charge in [-0.25, -0.2) is 4.79 Å². The summed E-state index contributed by atoms with van der Waals surface area (Å²) in [6, 6.07) is 9.46. The molecule has 1 amide bonds. The number of rotatable bonds is 4.